The highest BCUT2D eigenvalue weighted by Gasteiger charge is 2.14. The lowest BCUT2D eigenvalue weighted by atomic mass is 10.1. The van der Waals surface area contributed by atoms with Crippen molar-refractivity contribution in [3.63, 3.8) is 0 Å². The number of hydrogen-bond donors (Lipinski definition) is 1. The van der Waals surface area contributed by atoms with E-state index in [9.17, 15) is 4.79 Å². The molecule has 0 bridgehead atoms. The van der Waals surface area contributed by atoms with Crippen LogP contribution in [0.3, 0.4) is 0 Å². The van der Waals surface area contributed by atoms with Crippen molar-refractivity contribution in [2.75, 3.05) is 7.11 Å². The monoisotopic (exact) mass is 235 g/mol. The van der Waals surface area contributed by atoms with Gasteiger partial charge in [-0.25, -0.2) is 0 Å². The molecule has 1 aromatic heterocycles. The number of methoxy groups -OCH3 is 1. The fraction of sp³-hybridized carbons (Fsp3) is 0.444. The molecule has 1 atom stereocenters. The van der Waals surface area contributed by atoms with Crippen molar-refractivity contribution in [1.82, 2.24) is 0 Å². The van der Waals surface area contributed by atoms with Gasteiger partial charge in [0.05, 0.1) is 13.5 Å². The first-order chi connectivity index (χ1) is 6.15. The Morgan fingerprint density at radius 1 is 1.71 bits per heavy atom. The lowest BCUT2D eigenvalue weighted by Crippen LogP contribution is -2.15. The van der Waals surface area contributed by atoms with Crippen LogP contribution in [0.15, 0.2) is 11.4 Å². The van der Waals surface area contributed by atoms with Gasteiger partial charge in [0, 0.05) is 10.9 Å². The van der Waals surface area contributed by atoms with Gasteiger partial charge < -0.3 is 10.5 Å². The zero-order chi connectivity index (χ0) is 9.84. The maximum absolute atomic E-state index is 10.9. The van der Waals surface area contributed by atoms with Crippen LogP contribution in [0, 0.1) is 6.92 Å². The van der Waals surface area contributed by atoms with E-state index >= 15 is 0 Å². The standard InChI is InChI=1S/C9H13NO2S.ClH/c1-6-3-4-13-9(6)7(10)5-8(11)12-2;/h3-4,7H,5,10H2,1-2H3;1H/t7-;/m0./s1. The summed E-state index contributed by atoms with van der Waals surface area (Å²) >= 11 is 1.58. The summed E-state index contributed by atoms with van der Waals surface area (Å²) in [7, 11) is 1.37. The second-order valence-electron chi connectivity index (χ2n) is 2.85. The predicted octanol–water partition coefficient (Wildman–Crippen LogP) is 2.04. The molecular weight excluding hydrogens is 222 g/mol. The summed E-state index contributed by atoms with van der Waals surface area (Å²) < 4.78 is 4.54. The van der Waals surface area contributed by atoms with Crippen LogP contribution in [-0.2, 0) is 9.53 Å². The van der Waals surface area contributed by atoms with E-state index in [4.69, 9.17) is 5.73 Å². The van der Waals surface area contributed by atoms with E-state index in [1.54, 1.807) is 11.3 Å². The van der Waals surface area contributed by atoms with Crippen LogP contribution in [0.4, 0.5) is 0 Å². The molecule has 3 nitrogen and oxygen atoms in total. The number of carbonyl (C=O) groups is 1. The molecule has 1 aromatic rings. The zero-order valence-corrected chi connectivity index (χ0v) is 9.78. The number of aryl methyl sites for hydroxylation is 1. The lowest BCUT2D eigenvalue weighted by molar-refractivity contribution is -0.141. The molecule has 0 saturated carbocycles. The molecule has 5 heteroatoms. The van der Waals surface area contributed by atoms with Crippen LogP contribution < -0.4 is 5.73 Å². The van der Waals surface area contributed by atoms with E-state index in [0.717, 1.165) is 10.4 Å². The average Bonchev–Trinajstić information content (AvgIpc) is 2.51. The minimum atomic E-state index is -0.264. The van der Waals surface area contributed by atoms with Crippen molar-refractivity contribution in [3.8, 4) is 0 Å². The summed E-state index contributed by atoms with van der Waals surface area (Å²) in [5.41, 5.74) is 6.97. The van der Waals surface area contributed by atoms with Crippen molar-refractivity contribution in [1.29, 1.82) is 0 Å². The molecule has 0 saturated heterocycles. The van der Waals surface area contributed by atoms with Gasteiger partial charge in [-0.1, -0.05) is 0 Å². The Kier molecular flexibility index (Phi) is 5.76. The van der Waals surface area contributed by atoms with Crippen LogP contribution in [0.2, 0.25) is 0 Å². The molecule has 2 N–H and O–H groups in total. The molecule has 1 heterocycles. The number of thiophene rings is 1. The SMILES string of the molecule is COC(=O)C[C@H](N)c1sccc1C.Cl. The smallest absolute Gasteiger partial charge is 0.307 e. The Balaban J connectivity index is 0.00000169. The van der Waals surface area contributed by atoms with E-state index in [1.807, 2.05) is 18.4 Å². The van der Waals surface area contributed by atoms with Gasteiger partial charge in [0.1, 0.15) is 0 Å². The molecule has 0 aliphatic rings. The van der Waals surface area contributed by atoms with Crippen molar-refractivity contribution < 1.29 is 9.53 Å². The lowest BCUT2D eigenvalue weighted by Gasteiger charge is -2.08. The largest absolute Gasteiger partial charge is 0.469 e. The highest BCUT2D eigenvalue weighted by atomic mass is 35.5. The van der Waals surface area contributed by atoms with Gasteiger partial charge in [0.2, 0.25) is 0 Å². The number of esters is 1. The summed E-state index contributed by atoms with van der Waals surface area (Å²) in [5.74, 6) is -0.264. The Hall–Kier alpha value is -0.580. The molecule has 0 amide bonds. The minimum absolute atomic E-state index is 0. The molecule has 0 unspecified atom stereocenters. The third kappa shape index (κ3) is 3.29. The first-order valence-corrected chi connectivity index (χ1v) is 4.89. The summed E-state index contributed by atoms with van der Waals surface area (Å²) in [6.07, 6.45) is 0.248. The maximum Gasteiger partial charge on any atom is 0.307 e. The number of halogens is 1. The second-order valence-corrected chi connectivity index (χ2v) is 3.80. The highest BCUT2D eigenvalue weighted by molar-refractivity contribution is 7.10. The molecule has 0 aliphatic carbocycles. The third-order valence-electron chi connectivity index (χ3n) is 1.85. The predicted molar refractivity (Wildman–Crippen MR) is 59.9 cm³/mol. The molecular formula is C9H14ClNO2S. The minimum Gasteiger partial charge on any atom is -0.469 e. The fourth-order valence-electron chi connectivity index (χ4n) is 1.12. The van der Waals surface area contributed by atoms with Crippen LogP contribution in [0.5, 0.6) is 0 Å². The third-order valence-corrected chi connectivity index (χ3v) is 3.00. The molecule has 0 radical (unpaired) electrons. The van der Waals surface area contributed by atoms with Crippen molar-refractivity contribution >= 4 is 29.7 Å². The average molecular weight is 236 g/mol. The molecule has 0 fully saturated rings. The Bertz CT molecular complexity index is 301. The van der Waals surface area contributed by atoms with E-state index in [0.29, 0.717) is 0 Å². The number of nitrogens with two attached hydrogens (primary N) is 1. The van der Waals surface area contributed by atoms with Gasteiger partial charge in [-0.05, 0) is 23.9 Å². The van der Waals surface area contributed by atoms with Crippen molar-refractivity contribution in [2.24, 2.45) is 5.73 Å². The molecule has 14 heavy (non-hydrogen) atoms. The van der Waals surface area contributed by atoms with Gasteiger partial charge in [-0.15, -0.1) is 23.7 Å². The molecule has 0 aliphatic heterocycles. The van der Waals surface area contributed by atoms with Crippen molar-refractivity contribution in [2.45, 2.75) is 19.4 Å². The summed E-state index contributed by atoms with van der Waals surface area (Å²) in [6, 6.07) is 1.77. The summed E-state index contributed by atoms with van der Waals surface area (Å²) in [4.78, 5) is 12.0. The number of rotatable bonds is 3. The van der Waals surface area contributed by atoms with Gasteiger partial charge in [-0.3, -0.25) is 4.79 Å². The summed E-state index contributed by atoms with van der Waals surface area (Å²) in [5, 5.41) is 1.97. The van der Waals surface area contributed by atoms with Gasteiger partial charge in [-0.2, -0.15) is 0 Å². The van der Waals surface area contributed by atoms with Crippen molar-refractivity contribution in [3.05, 3.63) is 21.9 Å². The zero-order valence-electron chi connectivity index (χ0n) is 8.15. The molecule has 80 valence electrons. The molecule has 0 aromatic carbocycles. The van der Waals surface area contributed by atoms with Crippen LogP contribution in [0.25, 0.3) is 0 Å². The molecule has 1 rings (SSSR count). The van der Waals surface area contributed by atoms with Gasteiger partial charge in [0.25, 0.3) is 0 Å². The number of hydrogen-bond acceptors (Lipinski definition) is 4. The molecule has 0 spiro atoms. The van der Waals surface area contributed by atoms with Crippen LogP contribution in [-0.4, -0.2) is 13.1 Å². The van der Waals surface area contributed by atoms with E-state index in [2.05, 4.69) is 4.74 Å². The Morgan fingerprint density at radius 3 is 2.79 bits per heavy atom. The quantitative estimate of drug-likeness (QED) is 0.816. The van der Waals surface area contributed by atoms with Gasteiger partial charge in [0.15, 0.2) is 0 Å². The normalized spacial score (nSPS) is 11.6. The Morgan fingerprint density at radius 2 is 2.36 bits per heavy atom. The number of carbonyl (C=O) groups excluding carboxylic acids is 1. The topological polar surface area (TPSA) is 52.3 Å². The first kappa shape index (κ1) is 13.4. The fourth-order valence-corrected chi connectivity index (χ4v) is 2.05. The highest BCUT2D eigenvalue weighted by Crippen LogP contribution is 2.24. The number of ether oxygens (including phenoxy) is 1. The van der Waals surface area contributed by atoms with Gasteiger partial charge >= 0.3 is 5.97 Å². The Labute approximate surface area is 93.7 Å². The van der Waals surface area contributed by atoms with E-state index in [1.165, 1.54) is 7.11 Å². The summed E-state index contributed by atoms with van der Waals surface area (Å²) in [6.45, 7) is 1.99. The van der Waals surface area contributed by atoms with Crippen LogP contribution >= 0.6 is 23.7 Å². The van der Waals surface area contributed by atoms with Crippen LogP contribution in [0.1, 0.15) is 22.9 Å². The first-order valence-electron chi connectivity index (χ1n) is 4.01. The van der Waals surface area contributed by atoms with E-state index < -0.39 is 0 Å². The van der Waals surface area contributed by atoms with E-state index in [-0.39, 0.29) is 30.8 Å². The maximum atomic E-state index is 10.9. The second kappa shape index (κ2) is 6.01.